The van der Waals surface area contributed by atoms with Gasteiger partial charge in [0.1, 0.15) is 0 Å². The van der Waals surface area contributed by atoms with E-state index in [2.05, 4.69) is 15.5 Å². The highest BCUT2D eigenvalue weighted by Crippen LogP contribution is 2.42. The summed E-state index contributed by atoms with van der Waals surface area (Å²) < 4.78 is 41.5. The lowest BCUT2D eigenvalue weighted by Crippen LogP contribution is -2.41. The van der Waals surface area contributed by atoms with E-state index in [0.29, 0.717) is 17.7 Å². The summed E-state index contributed by atoms with van der Waals surface area (Å²) in [5.41, 5.74) is 3.34. The third kappa shape index (κ3) is 5.75. The zero-order valence-electron chi connectivity index (χ0n) is 21.1. The molecule has 2 N–H and O–H groups in total. The molecular weight excluding hydrogens is 535 g/mol. The Balaban J connectivity index is 1.59. The van der Waals surface area contributed by atoms with Crippen LogP contribution in [0.1, 0.15) is 59.7 Å². The maximum atomic E-state index is 13.8. The van der Waals surface area contributed by atoms with Gasteiger partial charge in [0.05, 0.1) is 28.5 Å². The number of nitro groups is 1. The van der Waals surface area contributed by atoms with Gasteiger partial charge >= 0.3 is 12.1 Å². The SMILES string of the molecule is CC1=NC(C)=C(C(=O)ONC(=O)c2ccc(C3=NNC(=O)CC3)cc2)C(c2ccccc2C(F)(F)F)C1[N+](=O)[O-]. The van der Waals surface area contributed by atoms with Gasteiger partial charge in [0.2, 0.25) is 5.91 Å². The Hall–Kier alpha value is -4.88. The van der Waals surface area contributed by atoms with Gasteiger partial charge in [0, 0.05) is 29.0 Å². The number of hydroxylamine groups is 1. The number of carbonyl (C=O) groups is 3. The minimum absolute atomic E-state index is 0.0716. The largest absolute Gasteiger partial charge is 0.416 e. The monoisotopic (exact) mass is 557 g/mol. The molecule has 0 fully saturated rings. The lowest BCUT2D eigenvalue weighted by atomic mass is 9.78. The van der Waals surface area contributed by atoms with Crippen molar-refractivity contribution in [2.75, 3.05) is 0 Å². The Morgan fingerprint density at radius 3 is 2.38 bits per heavy atom. The predicted octanol–water partition coefficient (Wildman–Crippen LogP) is 3.69. The molecule has 2 atom stereocenters. The maximum absolute atomic E-state index is 13.8. The molecule has 0 radical (unpaired) electrons. The molecule has 4 rings (SSSR count). The third-order valence-corrected chi connectivity index (χ3v) is 6.46. The molecule has 2 amide bonds. The van der Waals surface area contributed by atoms with E-state index in [4.69, 9.17) is 4.84 Å². The first-order valence-electron chi connectivity index (χ1n) is 11.9. The van der Waals surface area contributed by atoms with Crippen LogP contribution in [0.5, 0.6) is 0 Å². The topological polar surface area (TPSA) is 152 Å². The number of amides is 2. The molecule has 208 valence electrons. The number of hydrazone groups is 1. The van der Waals surface area contributed by atoms with Crippen molar-refractivity contribution in [1.82, 2.24) is 10.9 Å². The fourth-order valence-corrected chi connectivity index (χ4v) is 4.62. The highest BCUT2D eigenvalue weighted by molar-refractivity contribution is 6.05. The molecule has 2 heterocycles. The van der Waals surface area contributed by atoms with Crippen molar-refractivity contribution in [3.63, 3.8) is 0 Å². The summed E-state index contributed by atoms with van der Waals surface area (Å²) in [4.78, 5) is 57.1. The fraction of sp³-hybridized carbons (Fsp3) is 0.269. The van der Waals surface area contributed by atoms with Crippen molar-refractivity contribution in [3.05, 3.63) is 92.2 Å². The van der Waals surface area contributed by atoms with Crippen molar-refractivity contribution >= 4 is 29.2 Å². The third-order valence-electron chi connectivity index (χ3n) is 6.46. The van der Waals surface area contributed by atoms with Gasteiger partial charge in [-0.15, -0.1) is 0 Å². The van der Waals surface area contributed by atoms with Gasteiger partial charge < -0.3 is 4.84 Å². The van der Waals surface area contributed by atoms with E-state index in [1.807, 2.05) is 5.48 Å². The van der Waals surface area contributed by atoms with Gasteiger partial charge in [-0.3, -0.25) is 24.7 Å². The maximum Gasteiger partial charge on any atom is 0.416 e. The Kier molecular flexibility index (Phi) is 7.79. The number of carbonyl (C=O) groups excluding carboxylic acids is 3. The number of benzene rings is 2. The van der Waals surface area contributed by atoms with E-state index in [9.17, 15) is 37.7 Å². The molecule has 0 saturated carbocycles. The van der Waals surface area contributed by atoms with Crippen molar-refractivity contribution in [2.24, 2.45) is 10.1 Å². The standard InChI is InChI=1S/C26H22F3N5O6/c1-13-21(22(23(34(38)39)14(2)30-13)17-5-3-4-6-18(17)26(27,28)29)25(37)40-33-24(36)16-9-7-15(8-10-16)19-11-12-20(35)32-31-19/h3-10,22-23H,11-12H2,1-2H3,(H,32,35)(H,33,36). The average Bonchev–Trinajstić information content (AvgIpc) is 2.91. The van der Waals surface area contributed by atoms with Crippen molar-refractivity contribution in [1.29, 1.82) is 0 Å². The quantitative estimate of drug-likeness (QED) is 0.423. The van der Waals surface area contributed by atoms with Crippen LogP contribution in [0.2, 0.25) is 0 Å². The molecule has 2 aromatic rings. The van der Waals surface area contributed by atoms with Crippen molar-refractivity contribution in [2.45, 2.75) is 44.8 Å². The molecule has 14 heteroatoms. The highest BCUT2D eigenvalue weighted by atomic mass is 19.4. The Labute approximate surface area is 224 Å². The van der Waals surface area contributed by atoms with Gasteiger partial charge in [-0.05, 0) is 43.2 Å². The summed E-state index contributed by atoms with van der Waals surface area (Å²) in [6, 6.07) is 8.44. The van der Waals surface area contributed by atoms with Gasteiger partial charge in [0.15, 0.2) is 0 Å². The molecule has 2 aliphatic rings. The van der Waals surface area contributed by atoms with Crippen LogP contribution >= 0.6 is 0 Å². The van der Waals surface area contributed by atoms with Crippen LogP contribution in [0.3, 0.4) is 0 Å². The Morgan fingerprint density at radius 2 is 1.77 bits per heavy atom. The summed E-state index contributed by atoms with van der Waals surface area (Å²) >= 11 is 0. The molecule has 0 spiro atoms. The molecule has 0 aliphatic carbocycles. The first-order chi connectivity index (χ1) is 18.9. The van der Waals surface area contributed by atoms with Crippen LogP contribution < -0.4 is 10.9 Å². The zero-order chi connectivity index (χ0) is 29.2. The Morgan fingerprint density at radius 1 is 1.10 bits per heavy atom. The average molecular weight is 557 g/mol. The second-order valence-electron chi connectivity index (χ2n) is 9.04. The number of halogens is 3. The van der Waals surface area contributed by atoms with E-state index < -0.39 is 51.6 Å². The molecule has 0 bridgehead atoms. The van der Waals surface area contributed by atoms with Gasteiger partial charge in [0.25, 0.3) is 11.9 Å². The number of aliphatic imine (C=N–C) groups is 1. The molecule has 0 aromatic heterocycles. The van der Waals surface area contributed by atoms with Crippen LogP contribution in [0.15, 0.2) is 69.9 Å². The summed E-state index contributed by atoms with van der Waals surface area (Å²) in [5, 5.41) is 15.9. The predicted molar refractivity (Wildman–Crippen MR) is 135 cm³/mol. The lowest BCUT2D eigenvalue weighted by molar-refractivity contribution is -0.505. The normalized spacial score (nSPS) is 19.3. The summed E-state index contributed by atoms with van der Waals surface area (Å²) in [5.74, 6) is -4.05. The van der Waals surface area contributed by atoms with E-state index in [0.717, 1.165) is 18.2 Å². The number of hydrogen-bond acceptors (Lipinski definition) is 8. The first-order valence-corrected chi connectivity index (χ1v) is 11.9. The number of nitrogens with zero attached hydrogens (tertiary/aromatic N) is 3. The van der Waals surface area contributed by atoms with E-state index >= 15 is 0 Å². The fourth-order valence-electron chi connectivity index (χ4n) is 4.62. The minimum Gasteiger partial charge on any atom is -0.335 e. The summed E-state index contributed by atoms with van der Waals surface area (Å²) in [7, 11) is 0. The molecule has 2 unspecified atom stereocenters. The molecule has 2 aliphatic heterocycles. The molecule has 2 aromatic carbocycles. The second-order valence-corrected chi connectivity index (χ2v) is 9.04. The van der Waals surface area contributed by atoms with Crippen LogP contribution in [-0.4, -0.2) is 40.2 Å². The van der Waals surface area contributed by atoms with E-state index in [1.54, 1.807) is 12.1 Å². The minimum atomic E-state index is -4.86. The number of allylic oxidation sites excluding steroid dienone is 1. The molecular formula is C26H22F3N5O6. The van der Waals surface area contributed by atoms with Gasteiger partial charge in [-0.25, -0.2) is 10.2 Å². The zero-order valence-corrected chi connectivity index (χ0v) is 21.1. The molecule has 40 heavy (non-hydrogen) atoms. The van der Waals surface area contributed by atoms with Gasteiger partial charge in [-0.1, -0.05) is 30.3 Å². The van der Waals surface area contributed by atoms with Crippen LogP contribution in [0.25, 0.3) is 0 Å². The summed E-state index contributed by atoms with van der Waals surface area (Å²) in [6.45, 7) is 2.61. The summed E-state index contributed by atoms with van der Waals surface area (Å²) in [6.07, 6.45) is -4.19. The Bertz CT molecular complexity index is 1480. The number of rotatable bonds is 5. The van der Waals surface area contributed by atoms with Gasteiger partial charge in [-0.2, -0.15) is 23.8 Å². The second kappa shape index (κ2) is 11.1. The van der Waals surface area contributed by atoms with Crippen LogP contribution in [-0.2, 0) is 20.6 Å². The number of hydrogen-bond donors (Lipinski definition) is 2. The van der Waals surface area contributed by atoms with E-state index in [1.165, 1.54) is 32.0 Å². The molecule has 0 saturated heterocycles. The lowest BCUT2D eigenvalue weighted by Gasteiger charge is -2.29. The van der Waals surface area contributed by atoms with E-state index in [-0.39, 0.29) is 29.3 Å². The van der Waals surface area contributed by atoms with Crippen molar-refractivity contribution < 1.29 is 37.3 Å². The van der Waals surface area contributed by atoms with Crippen LogP contribution in [0.4, 0.5) is 13.2 Å². The first kappa shape index (κ1) is 28.1. The van der Waals surface area contributed by atoms with Crippen molar-refractivity contribution in [3.8, 4) is 0 Å². The van der Waals surface area contributed by atoms with Crippen LogP contribution in [0, 0.1) is 10.1 Å². The number of nitrogens with one attached hydrogen (secondary N) is 2. The highest BCUT2D eigenvalue weighted by Gasteiger charge is 2.48. The molecule has 11 nitrogen and oxygen atoms in total. The number of alkyl halides is 3. The smallest absolute Gasteiger partial charge is 0.335 e.